The molecule has 0 aliphatic heterocycles. The van der Waals surface area contributed by atoms with Gasteiger partial charge in [-0.15, -0.1) is 11.6 Å². The number of carbonyl (C=O) groups excluding carboxylic acids is 1. The fourth-order valence-electron chi connectivity index (χ4n) is 2.30. The van der Waals surface area contributed by atoms with Gasteiger partial charge in [-0.1, -0.05) is 59.8 Å². The quantitative estimate of drug-likeness (QED) is 0.147. The van der Waals surface area contributed by atoms with Crippen molar-refractivity contribution >= 4 is 23.7 Å². The highest BCUT2D eigenvalue weighted by atomic mass is 35.5. The summed E-state index contributed by atoms with van der Waals surface area (Å²) in [5, 5.41) is 2.99. The Morgan fingerprint density at radius 3 is 2.03 bits per heavy atom. The average molecular weight is 447 g/mol. The van der Waals surface area contributed by atoms with Crippen LogP contribution in [0.4, 0.5) is 4.39 Å². The van der Waals surface area contributed by atoms with Crippen LogP contribution in [0, 0.1) is 5.92 Å². The zero-order valence-electron chi connectivity index (χ0n) is 20.3. The van der Waals surface area contributed by atoms with E-state index in [-0.39, 0.29) is 5.91 Å². The van der Waals surface area contributed by atoms with E-state index in [1.165, 1.54) is 6.08 Å². The first-order valence-corrected chi connectivity index (χ1v) is 11.6. The number of rotatable bonds is 12. The maximum Gasteiger partial charge on any atom is 0.261 e. The number of allylic oxidation sites excluding steroid dienone is 3. The second-order valence-electron chi connectivity index (χ2n) is 6.00. The number of nitrogens with one attached hydrogen (secondary N) is 1. The van der Waals surface area contributed by atoms with Crippen molar-refractivity contribution in [2.45, 2.75) is 87.2 Å². The minimum absolute atomic E-state index is 0.0921. The van der Waals surface area contributed by atoms with E-state index in [0.29, 0.717) is 37.0 Å². The first kappa shape index (κ1) is 33.0. The maximum atomic E-state index is 12.4. The number of hydrogen-bond donors (Lipinski definition) is 1. The van der Waals surface area contributed by atoms with Gasteiger partial charge in [-0.05, 0) is 51.0 Å². The van der Waals surface area contributed by atoms with Gasteiger partial charge in [0, 0.05) is 12.8 Å². The topological polar surface area (TPSA) is 50.7 Å². The van der Waals surface area contributed by atoms with Crippen molar-refractivity contribution in [2.75, 3.05) is 12.4 Å². The van der Waals surface area contributed by atoms with Gasteiger partial charge in [-0.25, -0.2) is 9.38 Å². The van der Waals surface area contributed by atoms with Gasteiger partial charge in [-0.3, -0.25) is 4.79 Å². The van der Waals surface area contributed by atoms with Crippen LogP contribution < -0.4 is 5.32 Å². The van der Waals surface area contributed by atoms with E-state index in [2.05, 4.69) is 37.2 Å². The highest BCUT2D eigenvalue weighted by molar-refractivity contribution is 6.24. The van der Waals surface area contributed by atoms with E-state index in [9.17, 15) is 9.18 Å². The molecule has 2 atom stereocenters. The van der Waals surface area contributed by atoms with Crippen molar-refractivity contribution in [3.63, 3.8) is 0 Å². The summed E-state index contributed by atoms with van der Waals surface area (Å²) in [6.45, 7) is 16.4. The Kier molecular flexibility index (Phi) is 28.0. The van der Waals surface area contributed by atoms with Crippen molar-refractivity contribution in [1.82, 2.24) is 5.32 Å². The molecule has 6 heteroatoms. The van der Waals surface area contributed by atoms with Crippen LogP contribution in [0.2, 0.25) is 0 Å². The van der Waals surface area contributed by atoms with Gasteiger partial charge in [0.2, 0.25) is 5.88 Å². The highest BCUT2D eigenvalue weighted by Crippen LogP contribution is 2.18. The lowest BCUT2D eigenvalue weighted by Crippen LogP contribution is -2.38. The molecule has 1 N–H and O–H groups in total. The highest BCUT2D eigenvalue weighted by Gasteiger charge is 2.20. The summed E-state index contributed by atoms with van der Waals surface area (Å²) in [7, 11) is 0. The van der Waals surface area contributed by atoms with Gasteiger partial charge in [0.1, 0.15) is 0 Å². The Balaban J connectivity index is -0.00000108. The molecule has 0 spiro atoms. The number of ether oxygens (including phenoxy) is 1. The van der Waals surface area contributed by atoms with Crippen LogP contribution in [0.5, 0.6) is 0 Å². The fraction of sp³-hybridized carbons (Fsp3) is 0.667. The summed E-state index contributed by atoms with van der Waals surface area (Å²) in [6, 6.07) is 0. The molecule has 0 radical (unpaired) electrons. The van der Waals surface area contributed by atoms with Crippen LogP contribution in [0.15, 0.2) is 41.0 Å². The summed E-state index contributed by atoms with van der Waals surface area (Å²) in [4.78, 5) is 16.8. The third-order valence-electron chi connectivity index (χ3n) is 4.00. The van der Waals surface area contributed by atoms with E-state index >= 15 is 0 Å². The molecule has 0 aromatic carbocycles. The van der Waals surface area contributed by atoms with Crippen LogP contribution in [0.3, 0.4) is 0 Å². The molecule has 4 nitrogen and oxygen atoms in total. The predicted molar refractivity (Wildman–Crippen MR) is 131 cm³/mol. The summed E-state index contributed by atoms with van der Waals surface area (Å²) >= 11 is 5.69. The SMILES string of the molecule is C/C=C/F.C/C=C\C(CC)CNC(=O)C(CC)OC(/N=C\CCl)=C(CC)CC.CC. The van der Waals surface area contributed by atoms with Gasteiger partial charge in [0.15, 0.2) is 6.10 Å². The van der Waals surface area contributed by atoms with Gasteiger partial charge >= 0.3 is 0 Å². The monoisotopic (exact) mass is 446 g/mol. The maximum absolute atomic E-state index is 12.4. The first-order valence-electron chi connectivity index (χ1n) is 11.1. The minimum atomic E-state index is -0.538. The zero-order chi connectivity index (χ0) is 23.8. The van der Waals surface area contributed by atoms with E-state index in [1.54, 1.807) is 13.1 Å². The Hall–Kier alpha value is -1.62. The van der Waals surface area contributed by atoms with Gasteiger partial charge < -0.3 is 10.1 Å². The van der Waals surface area contributed by atoms with Crippen molar-refractivity contribution in [2.24, 2.45) is 10.9 Å². The predicted octanol–water partition coefficient (Wildman–Crippen LogP) is 7.36. The molecule has 176 valence electrons. The number of carbonyl (C=O) groups is 1. The van der Waals surface area contributed by atoms with Crippen molar-refractivity contribution in [1.29, 1.82) is 0 Å². The second-order valence-corrected chi connectivity index (χ2v) is 6.30. The van der Waals surface area contributed by atoms with Crippen LogP contribution in [0.1, 0.15) is 81.1 Å². The van der Waals surface area contributed by atoms with E-state index in [1.807, 2.05) is 33.8 Å². The van der Waals surface area contributed by atoms with Gasteiger partial charge in [0.25, 0.3) is 5.91 Å². The van der Waals surface area contributed by atoms with Crippen LogP contribution in [0.25, 0.3) is 0 Å². The number of alkyl halides is 1. The average Bonchev–Trinajstić information content (AvgIpc) is 2.79. The van der Waals surface area contributed by atoms with Crippen molar-refractivity contribution in [3.05, 3.63) is 36.0 Å². The molecule has 0 heterocycles. The summed E-state index contributed by atoms with van der Waals surface area (Å²) in [5.41, 5.74) is 1.09. The normalized spacial score (nSPS) is 12.6. The van der Waals surface area contributed by atoms with Crippen LogP contribution in [-0.2, 0) is 9.53 Å². The van der Waals surface area contributed by atoms with Crippen molar-refractivity contribution < 1.29 is 13.9 Å². The Bertz CT molecular complexity index is 507. The molecule has 0 aliphatic carbocycles. The number of halogens is 2. The largest absolute Gasteiger partial charge is 0.464 e. The standard InChI is InChI=1S/C19H33ClN2O2.C3H5F.C2H6/c1-6-11-15(7-2)14-22-18(23)17(10-5)24-19(21-13-12-20)16(8-3)9-4;1-2-3-4;1-2/h6,11,13,15,17H,7-10,12,14H2,1-5H3,(H,22,23);2-3H,1H3;1-2H3/b11-6-,21-13-;3-2+;. The Morgan fingerprint density at radius 2 is 1.67 bits per heavy atom. The zero-order valence-corrected chi connectivity index (χ0v) is 21.1. The molecule has 0 rings (SSSR count). The lowest BCUT2D eigenvalue weighted by atomic mass is 10.1. The Labute approximate surface area is 189 Å². The lowest BCUT2D eigenvalue weighted by Gasteiger charge is -2.20. The molecule has 30 heavy (non-hydrogen) atoms. The number of aliphatic imine (C=N–C) groups is 1. The van der Waals surface area contributed by atoms with E-state index in [0.717, 1.165) is 24.8 Å². The molecule has 0 aromatic rings. The summed E-state index contributed by atoms with van der Waals surface area (Å²) < 4.78 is 16.5. The minimum Gasteiger partial charge on any atom is -0.464 e. The smallest absolute Gasteiger partial charge is 0.261 e. The fourth-order valence-corrected chi connectivity index (χ4v) is 2.37. The second kappa shape index (κ2) is 25.4. The van der Waals surface area contributed by atoms with Crippen LogP contribution in [-0.4, -0.2) is 30.7 Å². The number of amides is 1. The van der Waals surface area contributed by atoms with E-state index < -0.39 is 6.10 Å². The van der Waals surface area contributed by atoms with Crippen molar-refractivity contribution in [3.8, 4) is 0 Å². The number of nitrogens with zero attached hydrogens (tertiary/aromatic N) is 1. The van der Waals surface area contributed by atoms with Gasteiger partial charge in [-0.2, -0.15) is 0 Å². The molecule has 0 saturated carbocycles. The molecule has 0 aromatic heterocycles. The first-order chi connectivity index (χ1) is 14.5. The molecule has 1 amide bonds. The molecular formula is C24H44ClFN2O2. The third kappa shape index (κ3) is 17.3. The molecule has 0 bridgehead atoms. The van der Waals surface area contributed by atoms with Gasteiger partial charge in [0.05, 0.1) is 12.2 Å². The Morgan fingerprint density at radius 1 is 1.10 bits per heavy atom. The molecule has 0 saturated heterocycles. The third-order valence-corrected chi connectivity index (χ3v) is 4.14. The lowest BCUT2D eigenvalue weighted by molar-refractivity contribution is -0.130. The molecule has 2 unspecified atom stereocenters. The molecule has 0 aliphatic rings. The molecule has 0 fully saturated rings. The van der Waals surface area contributed by atoms with Crippen LogP contribution >= 0.6 is 11.6 Å². The number of hydrogen-bond acceptors (Lipinski definition) is 3. The van der Waals surface area contributed by atoms with E-state index in [4.69, 9.17) is 16.3 Å². The summed E-state index contributed by atoms with van der Waals surface area (Å²) in [5.74, 6) is 1.11. The molecular weight excluding hydrogens is 403 g/mol. The summed E-state index contributed by atoms with van der Waals surface area (Å²) in [6.07, 6.45) is 10.3.